The summed E-state index contributed by atoms with van der Waals surface area (Å²) in [6.45, 7) is 1.84. The van der Waals surface area contributed by atoms with Crippen molar-refractivity contribution in [2.75, 3.05) is 0 Å². The molecular weight excluding hydrogens is 252 g/mol. The van der Waals surface area contributed by atoms with Crippen LogP contribution in [-0.4, -0.2) is 25.3 Å². The number of carbonyl (C=O) groups is 1. The molecule has 1 aliphatic carbocycles. The Morgan fingerprint density at radius 3 is 3.00 bits per heavy atom. The van der Waals surface area contributed by atoms with Crippen molar-refractivity contribution >= 4 is 28.5 Å². The number of aryl methyl sites for hydroxylation is 1. The van der Waals surface area contributed by atoms with Crippen LogP contribution in [0.5, 0.6) is 0 Å². The lowest BCUT2D eigenvalue weighted by atomic mass is 9.94. The summed E-state index contributed by atoms with van der Waals surface area (Å²) in [6.07, 6.45) is 5.22. The van der Waals surface area contributed by atoms with Gasteiger partial charge >= 0.3 is 0 Å². The highest BCUT2D eigenvalue weighted by Crippen LogP contribution is 2.28. The average molecular weight is 265 g/mol. The van der Waals surface area contributed by atoms with Gasteiger partial charge in [0, 0.05) is 6.42 Å². The minimum Gasteiger partial charge on any atom is -0.304 e. The summed E-state index contributed by atoms with van der Waals surface area (Å²) in [6, 6.07) is -0.144. The smallest absolute Gasteiger partial charge is 0.224 e. The van der Waals surface area contributed by atoms with E-state index in [4.69, 9.17) is 11.6 Å². The molecule has 0 saturated heterocycles. The van der Waals surface area contributed by atoms with Gasteiger partial charge in [0.05, 0.1) is 18.1 Å². The van der Waals surface area contributed by atoms with Crippen molar-refractivity contribution in [3.05, 3.63) is 17.3 Å². The summed E-state index contributed by atoms with van der Waals surface area (Å²) >= 11 is 5.88. The number of hydrogen-bond acceptors (Lipinski definition) is 4. The van der Waals surface area contributed by atoms with Gasteiger partial charge in [0.15, 0.2) is 11.4 Å². The maximum Gasteiger partial charge on any atom is 0.224 e. The minimum absolute atomic E-state index is 0.144. The summed E-state index contributed by atoms with van der Waals surface area (Å²) in [5.74, 6) is 0.257. The van der Waals surface area contributed by atoms with Gasteiger partial charge in [-0.1, -0.05) is 6.42 Å². The number of ketones is 1. The van der Waals surface area contributed by atoms with Crippen LogP contribution in [0, 0.1) is 6.92 Å². The fraction of sp³-hybridized carbons (Fsp3) is 0.500. The van der Waals surface area contributed by atoms with Crippen molar-refractivity contribution in [3.8, 4) is 0 Å². The van der Waals surface area contributed by atoms with Crippen LogP contribution in [0.25, 0.3) is 11.2 Å². The van der Waals surface area contributed by atoms with Crippen LogP contribution in [0.4, 0.5) is 0 Å². The number of rotatable bonds is 1. The fourth-order valence-corrected chi connectivity index (χ4v) is 2.72. The summed E-state index contributed by atoms with van der Waals surface area (Å²) < 4.78 is 1.84. The third-order valence-corrected chi connectivity index (χ3v) is 3.60. The minimum atomic E-state index is -0.144. The molecular formula is C12H13ClN4O. The van der Waals surface area contributed by atoms with Crippen molar-refractivity contribution in [2.24, 2.45) is 0 Å². The van der Waals surface area contributed by atoms with Crippen LogP contribution >= 0.6 is 11.6 Å². The molecule has 1 fully saturated rings. The second kappa shape index (κ2) is 4.31. The number of imidazole rings is 1. The molecule has 0 aliphatic heterocycles. The molecule has 94 valence electrons. The molecule has 3 rings (SSSR count). The Bertz CT molecular complexity index is 622. The summed E-state index contributed by atoms with van der Waals surface area (Å²) in [5.41, 5.74) is 2.12. The molecule has 0 bridgehead atoms. The quantitative estimate of drug-likeness (QED) is 0.743. The Balaban J connectivity index is 2.14. The van der Waals surface area contributed by atoms with E-state index < -0.39 is 0 Å². The lowest BCUT2D eigenvalue weighted by Crippen LogP contribution is -2.22. The Labute approximate surface area is 109 Å². The van der Waals surface area contributed by atoms with E-state index in [0.29, 0.717) is 12.1 Å². The SMILES string of the molecule is Cc1nc(Cl)nc2c1ncn2C1CCCCC1=O. The van der Waals surface area contributed by atoms with Crippen LogP contribution in [0.3, 0.4) is 0 Å². The first-order valence-electron chi connectivity index (χ1n) is 6.06. The third-order valence-electron chi connectivity index (χ3n) is 3.43. The van der Waals surface area contributed by atoms with Crippen molar-refractivity contribution in [3.63, 3.8) is 0 Å². The van der Waals surface area contributed by atoms with Gasteiger partial charge in [-0.3, -0.25) is 4.79 Å². The third kappa shape index (κ3) is 1.79. The molecule has 5 nitrogen and oxygen atoms in total. The van der Waals surface area contributed by atoms with E-state index in [2.05, 4.69) is 15.0 Å². The van der Waals surface area contributed by atoms with Crippen LogP contribution < -0.4 is 0 Å². The molecule has 18 heavy (non-hydrogen) atoms. The zero-order valence-corrected chi connectivity index (χ0v) is 10.8. The summed E-state index contributed by atoms with van der Waals surface area (Å²) in [5, 5.41) is 0.199. The Hall–Kier alpha value is -1.49. The predicted octanol–water partition coefficient (Wildman–Crippen LogP) is 2.47. The molecule has 2 aromatic heterocycles. The van der Waals surface area contributed by atoms with E-state index in [-0.39, 0.29) is 17.1 Å². The number of aromatic nitrogens is 4. The first kappa shape index (κ1) is 11.6. The van der Waals surface area contributed by atoms with Gasteiger partial charge in [0.25, 0.3) is 0 Å². The van der Waals surface area contributed by atoms with Gasteiger partial charge in [0.1, 0.15) is 5.52 Å². The largest absolute Gasteiger partial charge is 0.304 e. The molecule has 0 amide bonds. The van der Waals surface area contributed by atoms with E-state index in [1.807, 2.05) is 11.5 Å². The predicted molar refractivity (Wildman–Crippen MR) is 67.6 cm³/mol. The molecule has 0 radical (unpaired) electrons. The van der Waals surface area contributed by atoms with Gasteiger partial charge in [0.2, 0.25) is 5.28 Å². The van der Waals surface area contributed by atoms with Gasteiger partial charge in [-0.25, -0.2) is 9.97 Å². The molecule has 0 aromatic carbocycles. The zero-order valence-electron chi connectivity index (χ0n) is 10.1. The monoisotopic (exact) mass is 264 g/mol. The molecule has 0 N–H and O–H groups in total. The van der Waals surface area contributed by atoms with E-state index in [9.17, 15) is 4.79 Å². The number of Topliss-reactive ketones (excluding diaryl/α,β-unsaturated/α-hetero) is 1. The number of hydrogen-bond donors (Lipinski definition) is 0. The average Bonchev–Trinajstić information content (AvgIpc) is 2.73. The molecule has 6 heteroatoms. The molecule has 1 aliphatic rings. The van der Waals surface area contributed by atoms with Crippen LogP contribution in [0.15, 0.2) is 6.33 Å². The normalized spacial score (nSPS) is 20.6. The first-order chi connectivity index (χ1) is 8.66. The lowest BCUT2D eigenvalue weighted by molar-refractivity contribution is -0.123. The molecule has 2 heterocycles. The van der Waals surface area contributed by atoms with Gasteiger partial charge in [-0.2, -0.15) is 4.98 Å². The van der Waals surface area contributed by atoms with Crippen LogP contribution in [-0.2, 0) is 4.79 Å². The highest BCUT2D eigenvalue weighted by molar-refractivity contribution is 6.28. The fourth-order valence-electron chi connectivity index (χ4n) is 2.51. The van der Waals surface area contributed by atoms with Gasteiger partial charge in [-0.05, 0) is 31.4 Å². The number of fused-ring (bicyclic) bond motifs is 1. The maximum atomic E-state index is 12.0. The molecule has 1 unspecified atom stereocenters. The maximum absolute atomic E-state index is 12.0. The van der Waals surface area contributed by atoms with E-state index in [1.165, 1.54) is 0 Å². The zero-order chi connectivity index (χ0) is 12.7. The molecule has 1 saturated carbocycles. The number of nitrogens with zero attached hydrogens (tertiary/aromatic N) is 4. The highest BCUT2D eigenvalue weighted by Gasteiger charge is 2.26. The van der Waals surface area contributed by atoms with Crippen molar-refractivity contribution in [1.29, 1.82) is 0 Å². The number of halogens is 1. The van der Waals surface area contributed by atoms with Crippen molar-refractivity contribution in [1.82, 2.24) is 19.5 Å². The summed E-state index contributed by atoms with van der Waals surface area (Å²) in [4.78, 5) is 24.6. The van der Waals surface area contributed by atoms with E-state index in [0.717, 1.165) is 30.5 Å². The lowest BCUT2D eigenvalue weighted by Gasteiger charge is -2.21. The second-order valence-corrected chi connectivity index (χ2v) is 4.97. The second-order valence-electron chi connectivity index (χ2n) is 4.63. The number of carbonyl (C=O) groups excluding carboxylic acids is 1. The Kier molecular flexibility index (Phi) is 2.78. The van der Waals surface area contributed by atoms with Crippen molar-refractivity contribution in [2.45, 2.75) is 38.6 Å². The topological polar surface area (TPSA) is 60.7 Å². The van der Waals surface area contributed by atoms with E-state index >= 15 is 0 Å². The van der Waals surface area contributed by atoms with Gasteiger partial charge < -0.3 is 4.57 Å². The summed E-state index contributed by atoms with van der Waals surface area (Å²) in [7, 11) is 0. The van der Waals surface area contributed by atoms with Gasteiger partial charge in [-0.15, -0.1) is 0 Å². The van der Waals surface area contributed by atoms with Crippen LogP contribution in [0.2, 0.25) is 5.28 Å². The Morgan fingerprint density at radius 1 is 1.39 bits per heavy atom. The van der Waals surface area contributed by atoms with Crippen molar-refractivity contribution < 1.29 is 4.79 Å². The molecule has 1 atom stereocenters. The van der Waals surface area contributed by atoms with E-state index in [1.54, 1.807) is 6.33 Å². The Morgan fingerprint density at radius 2 is 2.22 bits per heavy atom. The van der Waals surface area contributed by atoms with Crippen LogP contribution in [0.1, 0.15) is 37.4 Å². The molecule has 2 aromatic rings. The molecule has 0 spiro atoms. The standard InChI is InChI=1S/C12H13ClN4O/c1-7-10-11(16-12(13)15-7)17(6-14-10)8-4-2-3-5-9(8)18/h6,8H,2-5H2,1H3. The first-order valence-corrected chi connectivity index (χ1v) is 6.44. The highest BCUT2D eigenvalue weighted by atomic mass is 35.5.